The van der Waals surface area contributed by atoms with E-state index >= 15 is 0 Å². The van der Waals surface area contributed by atoms with Crippen molar-refractivity contribution in [3.8, 4) is 0 Å². The summed E-state index contributed by atoms with van der Waals surface area (Å²) in [6, 6.07) is 0. The third-order valence-corrected chi connectivity index (χ3v) is 4.13. The van der Waals surface area contributed by atoms with Crippen LogP contribution in [-0.2, 0) is 9.53 Å². The molecule has 2 nitrogen and oxygen atoms in total. The van der Waals surface area contributed by atoms with Crippen molar-refractivity contribution in [1.82, 2.24) is 0 Å². The second kappa shape index (κ2) is 6.58. The Bertz CT molecular complexity index is 272. The van der Waals surface area contributed by atoms with Crippen LogP contribution in [-0.4, -0.2) is 12.1 Å². The van der Waals surface area contributed by atoms with Crippen LogP contribution in [0.4, 0.5) is 0 Å². The number of esters is 1. The highest BCUT2D eigenvalue weighted by Crippen LogP contribution is 2.33. The maximum atomic E-state index is 11.1. The quantitative estimate of drug-likeness (QED) is 0.634. The summed E-state index contributed by atoms with van der Waals surface area (Å²) in [5, 5.41) is 0. The Morgan fingerprint density at radius 2 is 1.56 bits per heavy atom. The molecule has 2 heteroatoms. The molecule has 1 heterocycles. The topological polar surface area (TPSA) is 26.3 Å². The van der Waals surface area contributed by atoms with E-state index in [1.807, 2.05) is 6.92 Å². The number of ether oxygens (including phenoxy) is 1. The largest absolute Gasteiger partial charge is 0.461 e. The second-order valence-electron chi connectivity index (χ2n) is 6.98. The monoisotopic (exact) mass is 254 g/mol. The lowest BCUT2D eigenvalue weighted by atomic mass is 9.80. The molecule has 0 bridgehead atoms. The minimum atomic E-state index is -0.0207. The smallest absolute Gasteiger partial charge is 0.312 e. The van der Waals surface area contributed by atoms with Gasteiger partial charge in [-0.25, -0.2) is 0 Å². The molecule has 1 aliphatic rings. The Kier molecular flexibility index (Phi) is 5.68. The summed E-state index contributed by atoms with van der Waals surface area (Å²) in [4.78, 5) is 11.1. The summed E-state index contributed by atoms with van der Waals surface area (Å²) in [7, 11) is 0. The molecule has 106 valence electrons. The molecule has 0 unspecified atom stereocenters. The normalized spacial score (nSPS) is 28.5. The van der Waals surface area contributed by atoms with Gasteiger partial charge in [0.1, 0.15) is 6.10 Å². The summed E-state index contributed by atoms with van der Waals surface area (Å²) in [6.07, 6.45) is 3.94. The lowest BCUT2D eigenvalue weighted by Crippen LogP contribution is -2.47. The first-order valence-electron chi connectivity index (χ1n) is 7.51. The van der Waals surface area contributed by atoms with Crippen molar-refractivity contribution < 1.29 is 9.53 Å². The van der Waals surface area contributed by atoms with Crippen molar-refractivity contribution in [2.24, 2.45) is 29.6 Å². The highest BCUT2D eigenvalue weighted by molar-refractivity contribution is 5.78. The molecule has 0 saturated carbocycles. The van der Waals surface area contributed by atoms with Crippen LogP contribution in [0, 0.1) is 29.6 Å². The first-order valence-corrected chi connectivity index (χ1v) is 7.51. The number of carbonyl (C=O) groups excluding carboxylic acids is 1. The van der Waals surface area contributed by atoms with Crippen LogP contribution < -0.4 is 0 Å². The van der Waals surface area contributed by atoms with Crippen LogP contribution in [0.25, 0.3) is 0 Å². The fourth-order valence-electron chi connectivity index (χ4n) is 3.47. The molecule has 0 aromatic carbocycles. The second-order valence-corrected chi connectivity index (χ2v) is 6.98. The maximum absolute atomic E-state index is 11.1. The summed E-state index contributed by atoms with van der Waals surface area (Å²) in [5.41, 5.74) is 0. The lowest BCUT2D eigenvalue weighted by molar-refractivity contribution is -0.189. The van der Waals surface area contributed by atoms with E-state index in [1.54, 1.807) is 0 Å². The first-order chi connectivity index (χ1) is 8.31. The van der Waals surface area contributed by atoms with Gasteiger partial charge in [0.2, 0.25) is 0 Å². The SMILES string of the molecule is CC(C)C[C@H](C)C[C@H](C)C[C@@H](C)[C@H]1OC(=O)[C@@H]1C. The van der Waals surface area contributed by atoms with Crippen molar-refractivity contribution in [2.75, 3.05) is 0 Å². The van der Waals surface area contributed by atoms with Crippen LogP contribution >= 0.6 is 0 Å². The molecule has 0 aliphatic carbocycles. The van der Waals surface area contributed by atoms with Gasteiger partial charge in [0.25, 0.3) is 0 Å². The Morgan fingerprint density at radius 1 is 1.00 bits per heavy atom. The van der Waals surface area contributed by atoms with Gasteiger partial charge in [0, 0.05) is 0 Å². The summed E-state index contributed by atoms with van der Waals surface area (Å²) in [5.74, 6) is 2.90. The summed E-state index contributed by atoms with van der Waals surface area (Å²) < 4.78 is 5.24. The van der Waals surface area contributed by atoms with Gasteiger partial charge >= 0.3 is 5.97 Å². The van der Waals surface area contributed by atoms with Crippen molar-refractivity contribution in [2.45, 2.75) is 66.9 Å². The first kappa shape index (κ1) is 15.5. The molecular weight excluding hydrogens is 224 g/mol. The van der Waals surface area contributed by atoms with Gasteiger partial charge in [-0.2, -0.15) is 0 Å². The number of hydrogen-bond donors (Lipinski definition) is 0. The zero-order valence-electron chi connectivity index (χ0n) is 12.9. The molecule has 1 rings (SSSR count). The van der Waals surface area contributed by atoms with Crippen molar-refractivity contribution >= 4 is 5.97 Å². The molecule has 0 radical (unpaired) electrons. The van der Waals surface area contributed by atoms with E-state index in [-0.39, 0.29) is 18.0 Å². The number of hydrogen-bond acceptors (Lipinski definition) is 2. The van der Waals surface area contributed by atoms with Gasteiger partial charge in [0.15, 0.2) is 0 Å². The zero-order chi connectivity index (χ0) is 13.9. The maximum Gasteiger partial charge on any atom is 0.312 e. The van der Waals surface area contributed by atoms with Crippen LogP contribution in [0.1, 0.15) is 60.8 Å². The summed E-state index contributed by atoms with van der Waals surface area (Å²) in [6.45, 7) is 13.5. The van der Waals surface area contributed by atoms with E-state index in [4.69, 9.17) is 4.74 Å². The highest BCUT2D eigenvalue weighted by atomic mass is 16.6. The lowest BCUT2D eigenvalue weighted by Gasteiger charge is -2.38. The minimum Gasteiger partial charge on any atom is -0.461 e. The Morgan fingerprint density at radius 3 is 2.00 bits per heavy atom. The highest BCUT2D eigenvalue weighted by Gasteiger charge is 2.42. The average molecular weight is 254 g/mol. The Labute approximate surface area is 112 Å². The van der Waals surface area contributed by atoms with Gasteiger partial charge in [0.05, 0.1) is 5.92 Å². The van der Waals surface area contributed by atoms with Crippen LogP contribution in [0.5, 0.6) is 0 Å². The van der Waals surface area contributed by atoms with Crippen molar-refractivity contribution in [1.29, 1.82) is 0 Å². The average Bonchev–Trinajstić information content (AvgIpc) is 2.23. The van der Waals surface area contributed by atoms with Gasteiger partial charge in [-0.15, -0.1) is 0 Å². The van der Waals surface area contributed by atoms with Gasteiger partial charge in [-0.1, -0.05) is 34.6 Å². The molecule has 5 atom stereocenters. The Balaban J connectivity index is 2.27. The van der Waals surface area contributed by atoms with E-state index < -0.39 is 0 Å². The number of carbonyl (C=O) groups is 1. The predicted molar refractivity (Wildman–Crippen MR) is 75.2 cm³/mol. The number of cyclic esters (lactones) is 1. The molecule has 0 N–H and O–H groups in total. The van der Waals surface area contributed by atoms with E-state index in [0.717, 1.165) is 17.8 Å². The molecule has 0 amide bonds. The van der Waals surface area contributed by atoms with Crippen LogP contribution in [0.2, 0.25) is 0 Å². The molecule has 0 aromatic rings. The predicted octanol–water partition coefficient (Wildman–Crippen LogP) is 4.28. The molecule has 0 aromatic heterocycles. The zero-order valence-corrected chi connectivity index (χ0v) is 12.9. The van der Waals surface area contributed by atoms with Crippen LogP contribution in [0.3, 0.4) is 0 Å². The van der Waals surface area contributed by atoms with E-state index in [2.05, 4.69) is 34.6 Å². The number of rotatable bonds is 7. The third-order valence-electron chi connectivity index (χ3n) is 4.13. The molecule has 1 saturated heterocycles. The van der Waals surface area contributed by atoms with E-state index in [1.165, 1.54) is 19.3 Å². The fraction of sp³-hybridized carbons (Fsp3) is 0.938. The molecule has 1 aliphatic heterocycles. The molecule has 0 spiro atoms. The van der Waals surface area contributed by atoms with Gasteiger partial charge in [-0.3, -0.25) is 4.79 Å². The van der Waals surface area contributed by atoms with Crippen molar-refractivity contribution in [3.05, 3.63) is 0 Å². The van der Waals surface area contributed by atoms with Gasteiger partial charge in [-0.05, 0) is 49.9 Å². The minimum absolute atomic E-state index is 0.0207. The molecule has 1 fully saturated rings. The molecular formula is C16H30O2. The standard InChI is InChI=1S/C16H30O2/c1-10(2)7-11(3)8-12(4)9-13(5)15-14(6)16(17)18-15/h10-15H,7-9H2,1-6H3/t11-,12-,13+,14+,15+/m0/s1. The van der Waals surface area contributed by atoms with Crippen molar-refractivity contribution in [3.63, 3.8) is 0 Å². The fourth-order valence-corrected chi connectivity index (χ4v) is 3.47. The third kappa shape index (κ3) is 4.29. The summed E-state index contributed by atoms with van der Waals surface area (Å²) >= 11 is 0. The van der Waals surface area contributed by atoms with E-state index in [9.17, 15) is 4.79 Å². The molecule has 18 heavy (non-hydrogen) atoms. The van der Waals surface area contributed by atoms with Gasteiger partial charge < -0.3 is 4.74 Å². The Hall–Kier alpha value is -0.530. The van der Waals surface area contributed by atoms with E-state index in [0.29, 0.717) is 5.92 Å². The van der Waals surface area contributed by atoms with Crippen LogP contribution in [0.15, 0.2) is 0 Å².